The quantitative estimate of drug-likeness (QED) is 0.508. The van der Waals surface area contributed by atoms with E-state index in [0.29, 0.717) is 33.3 Å². The number of carbonyl (C=O) groups excluding carboxylic acids is 1. The number of nitrogens with zero attached hydrogens (tertiary/aromatic N) is 1. The molecule has 3 aromatic carbocycles. The Hall–Kier alpha value is -3.11. The standard InChI is InChI=1S/C21H15ClN2O2/c1-13-5-7-14(8-6-13)20(25)23-17-9-10-18-19(12-17)26-21(24-18)15-3-2-4-16(22)11-15/h2-12H,1H3,(H,23,25). The third kappa shape index (κ3) is 3.32. The summed E-state index contributed by atoms with van der Waals surface area (Å²) in [4.78, 5) is 16.8. The van der Waals surface area contributed by atoms with E-state index in [2.05, 4.69) is 10.3 Å². The van der Waals surface area contributed by atoms with Gasteiger partial charge in [-0.05, 0) is 49.4 Å². The lowest BCUT2D eigenvalue weighted by molar-refractivity contribution is 0.102. The number of nitrogens with one attached hydrogen (secondary N) is 1. The smallest absolute Gasteiger partial charge is 0.255 e. The van der Waals surface area contributed by atoms with Crippen LogP contribution in [-0.4, -0.2) is 10.9 Å². The number of rotatable bonds is 3. The van der Waals surface area contributed by atoms with Crippen LogP contribution in [0.5, 0.6) is 0 Å². The average Bonchev–Trinajstić information content (AvgIpc) is 3.05. The van der Waals surface area contributed by atoms with Crippen LogP contribution in [0.1, 0.15) is 15.9 Å². The minimum Gasteiger partial charge on any atom is -0.436 e. The van der Waals surface area contributed by atoms with Gasteiger partial charge in [-0.1, -0.05) is 35.4 Å². The van der Waals surface area contributed by atoms with Crippen molar-refractivity contribution in [3.63, 3.8) is 0 Å². The highest BCUT2D eigenvalue weighted by atomic mass is 35.5. The van der Waals surface area contributed by atoms with Crippen LogP contribution in [0, 0.1) is 6.92 Å². The normalized spacial score (nSPS) is 10.8. The second kappa shape index (κ2) is 6.65. The second-order valence-corrected chi connectivity index (χ2v) is 6.47. The number of aryl methyl sites for hydroxylation is 1. The zero-order valence-corrected chi connectivity index (χ0v) is 14.7. The molecule has 5 heteroatoms. The van der Waals surface area contributed by atoms with E-state index in [1.165, 1.54) is 0 Å². The van der Waals surface area contributed by atoms with Gasteiger partial charge in [0, 0.05) is 27.9 Å². The summed E-state index contributed by atoms with van der Waals surface area (Å²) in [6, 6.07) is 20.1. The number of fused-ring (bicyclic) bond motifs is 1. The predicted molar refractivity (Wildman–Crippen MR) is 104 cm³/mol. The van der Waals surface area contributed by atoms with Crippen molar-refractivity contribution in [2.45, 2.75) is 6.92 Å². The van der Waals surface area contributed by atoms with Gasteiger partial charge in [-0.2, -0.15) is 0 Å². The predicted octanol–water partition coefficient (Wildman–Crippen LogP) is 5.71. The molecule has 0 radical (unpaired) electrons. The molecule has 0 aliphatic rings. The van der Waals surface area contributed by atoms with Crippen LogP contribution >= 0.6 is 11.6 Å². The maximum atomic E-state index is 12.4. The number of oxazole rings is 1. The van der Waals surface area contributed by atoms with Crippen molar-refractivity contribution in [2.75, 3.05) is 5.32 Å². The molecule has 0 aliphatic carbocycles. The lowest BCUT2D eigenvalue weighted by Gasteiger charge is -2.05. The van der Waals surface area contributed by atoms with Gasteiger partial charge in [-0.25, -0.2) is 4.98 Å². The molecule has 26 heavy (non-hydrogen) atoms. The Balaban J connectivity index is 1.61. The van der Waals surface area contributed by atoms with Gasteiger partial charge in [0.15, 0.2) is 5.58 Å². The summed E-state index contributed by atoms with van der Waals surface area (Å²) in [5.41, 5.74) is 4.48. The van der Waals surface area contributed by atoms with Gasteiger partial charge in [-0.3, -0.25) is 4.79 Å². The molecule has 0 unspecified atom stereocenters. The fraction of sp³-hybridized carbons (Fsp3) is 0.0476. The minimum atomic E-state index is -0.168. The Kier molecular flexibility index (Phi) is 4.19. The maximum Gasteiger partial charge on any atom is 0.255 e. The van der Waals surface area contributed by atoms with Crippen molar-refractivity contribution >= 4 is 34.3 Å². The van der Waals surface area contributed by atoms with E-state index in [1.807, 2.05) is 37.3 Å². The summed E-state index contributed by atoms with van der Waals surface area (Å²) in [5, 5.41) is 3.50. The molecule has 1 aromatic heterocycles. The molecule has 4 nitrogen and oxygen atoms in total. The van der Waals surface area contributed by atoms with Gasteiger partial charge in [0.2, 0.25) is 5.89 Å². The zero-order chi connectivity index (χ0) is 18.1. The summed E-state index contributed by atoms with van der Waals surface area (Å²) in [5.74, 6) is 0.323. The van der Waals surface area contributed by atoms with Crippen LogP contribution in [0.3, 0.4) is 0 Å². The Bertz CT molecular complexity index is 1100. The number of anilines is 1. The summed E-state index contributed by atoms with van der Waals surface area (Å²) in [6.45, 7) is 1.98. The van der Waals surface area contributed by atoms with Gasteiger partial charge < -0.3 is 9.73 Å². The van der Waals surface area contributed by atoms with Gasteiger partial charge >= 0.3 is 0 Å². The van der Waals surface area contributed by atoms with E-state index in [0.717, 1.165) is 11.1 Å². The number of hydrogen-bond acceptors (Lipinski definition) is 3. The maximum absolute atomic E-state index is 12.4. The van der Waals surface area contributed by atoms with Crippen LogP contribution in [0.2, 0.25) is 5.02 Å². The van der Waals surface area contributed by atoms with Gasteiger partial charge in [-0.15, -0.1) is 0 Å². The molecule has 0 aliphatic heterocycles. The number of amides is 1. The van der Waals surface area contributed by atoms with Crippen molar-refractivity contribution < 1.29 is 9.21 Å². The first-order valence-electron chi connectivity index (χ1n) is 8.13. The van der Waals surface area contributed by atoms with Crippen molar-refractivity contribution in [3.05, 3.63) is 82.9 Å². The topological polar surface area (TPSA) is 55.1 Å². The molecule has 0 fully saturated rings. The fourth-order valence-electron chi connectivity index (χ4n) is 2.66. The Labute approximate surface area is 155 Å². The molecule has 1 amide bonds. The summed E-state index contributed by atoms with van der Waals surface area (Å²) >= 11 is 6.03. The Morgan fingerprint density at radius 2 is 1.85 bits per heavy atom. The lowest BCUT2D eigenvalue weighted by atomic mass is 10.1. The third-order valence-corrected chi connectivity index (χ3v) is 4.27. The number of benzene rings is 3. The molecule has 4 rings (SSSR count). The highest BCUT2D eigenvalue weighted by Gasteiger charge is 2.11. The minimum absolute atomic E-state index is 0.168. The SMILES string of the molecule is Cc1ccc(C(=O)Nc2ccc3nc(-c4cccc(Cl)c4)oc3c2)cc1. The first kappa shape index (κ1) is 16.4. The van der Waals surface area contributed by atoms with Crippen LogP contribution in [0.4, 0.5) is 5.69 Å². The van der Waals surface area contributed by atoms with E-state index in [-0.39, 0.29) is 5.91 Å². The van der Waals surface area contributed by atoms with Crippen LogP contribution < -0.4 is 5.32 Å². The molecule has 0 atom stereocenters. The number of carbonyl (C=O) groups is 1. The Morgan fingerprint density at radius 3 is 2.62 bits per heavy atom. The molecule has 0 spiro atoms. The van der Waals surface area contributed by atoms with Crippen LogP contribution in [-0.2, 0) is 0 Å². The molecule has 1 heterocycles. The molecule has 1 N–H and O–H groups in total. The van der Waals surface area contributed by atoms with Crippen LogP contribution in [0.15, 0.2) is 71.1 Å². The van der Waals surface area contributed by atoms with Crippen molar-refractivity contribution in [1.29, 1.82) is 0 Å². The lowest BCUT2D eigenvalue weighted by Crippen LogP contribution is -2.11. The molecule has 0 bridgehead atoms. The summed E-state index contributed by atoms with van der Waals surface area (Å²) < 4.78 is 5.83. The summed E-state index contributed by atoms with van der Waals surface area (Å²) in [6.07, 6.45) is 0. The number of hydrogen-bond donors (Lipinski definition) is 1. The molecule has 0 saturated heterocycles. The van der Waals surface area contributed by atoms with E-state index >= 15 is 0 Å². The monoisotopic (exact) mass is 362 g/mol. The van der Waals surface area contributed by atoms with Crippen molar-refractivity contribution in [2.24, 2.45) is 0 Å². The number of halogens is 1. The molecule has 128 valence electrons. The Morgan fingerprint density at radius 1 is 1.04 bits per heavy atom. The van der Waals surface area contributed by atoms with E-state index in [4.69, 9.17) is 16.0 Å². The van der Waals surface area contributed by atoms with E-state index < -0.39 is 0 Å². The van der Waals surface area contributed by atoms with Gasteiger partial charge in [0.05, 0.1) is 0 Å². The van der Waals surface area contributed by atoms with Gasteiger partial charge in [0.25, 0.3) is 5.91 Å². The first-order valence-corrected chi connectivity index (χ1v) is 8.51. The van der Waals surface area contributed by atoms with Crippen LogP contribution in [0.25, 0.3) is 22.6 Å². The zero-order valence-electron chi connectivity index (χ0n) is 14.0. The first-order chi connectivity index (χ1) is 12.6. The average molecular weight is 363 g/mol. The highest BCUT2D eigenvalue weighted by Crippen LogP contribution is 2.28. The molecule has 4 aromatic rings. The van der Waals surface area contributed by atoms with Crippen molar-refractivity contribution in [3.8, 4) is 11.5 Å². The number of aromatic nitrogens is 1. The highest BCUT2D eigenvalue weighted by molar-refractivity contribution is 6.30. The molecular formula is C21H15ClN2O2. The van der Waals surface area contributed by atoms with E-state index in [1.54, 1.807) is 36.4 Å². The third-order valence-electron chi connectivity index (χ3n) is 4.03. The van der Waals surface area contributed by atoms with Crippen molar-refractivity contribution in [1.82, 2.24) is 4.98 Å². The fourth-order valence-corrected chi connectivity index (χ4v) is 2.85. The van der Waals surface area contributed by atoms with Gasteiger partial charge in [0.1, 0.15) is 5.52 Å². The summed E-state index contributed by atoms with van der Waals surface area (Å²) in [7, 11) is 0. The second-order valence-electron chi connectivity index (χ2n) is 6.03. The molecule has 0 saturated carbocycles. The molecular weight excluding hydrogens is 348 g/mol. The van der Waals surface area contributed by atoms with E-state index in [9.17, 15) is 4.79 Å². The largest absolute Gasteiger partial charge is 0.436 e.